The van der Waals surface area contributed by atoms with Gasteiger partial charge in [0, 0.05) is 5.56 Å². The summed E-state index contributed by atoms with van der Waals surface area (Å²) in [5, 5.41) is 0. The van der Waals surface area contributed by atoms with E-state index < -0.39 is 0 Å². The molecule has 0 aromatic heterocycles. The molecule has 0 spiro atoms. The number of hydrogen-bond donors (Lipinski definition) is 1. The first-order chi connectivity index (χ1) is 7.25. The predicted molar refractivity (Wildman–Crippen MR) is 63.5 cm³/mol. The SMILES string of the molecule is CC1=CC(C)[NH+](Cc2ccccc2)C=C1. The van der Waals surface area contributed by atoms with Crippen LogP contribution in [0.25, 0.3) is 0 Å². The highest BCUT2D eigenvalue weighted by Crippen LogP contribution is 2.01. The summed E-state index contributed by atoms with van der Waals surface area (Å²) >= 11 is 0. The predicted octanol–water partition coefficient (Wildman–Crippen LogP) is 1.93. The summed E-state index contributed by atoms with van der Waals surface area (Å²) in [4.78, 5) is 1.51. The number of allylic oxidation sites excluding steroid dienone is 2. The van der Waals surface area contributed by atoms with Crippen molar-refractivity contribution in [1.82, 2.24) is 0 Å². The Morgan fingerprint density at radius 3 is 2.60 bits per heavy atom. The van der Waals surface area contributed by atoms with Crippen molar-refractivity contribution in [2.45, 2.75) is 26.4 Å². The van der Waals surface area contributed by atoms with Crippen molar-refractivity contribution >= 4 is 0 Å². The molecule has 1 nitrogen and oxygen atoms in total. The molecule has 15 heavy (non-hydrogen) atoms. The van der Waals surface area contributed by atoms with Crippen LogP contribution in [0.1, 0.15) is 19.4 Å². The minimum Gasteiger partial charge on any atom is -0.299 e. The molecule has 1 aliphatic rings. The summed E-state index contributed by atoms with van der Waals surface area (Å²) < 4.78 is 0. The Kier molecular flexibility index (Phi) is 3.02. The minimum atomic E-state index is 0.579. The highest BCUT2D eigenvalue weighted by atomic mass is 15.1. The Bertz CT molecular complexity index is 376. The number of quaternary nitrogens is 1. The largest absolute Gasteiger partial charge is 0.299 e. The third-order valence-electron chi connectivity index (χ3n) is 2.91. The first-order valence-electron chi connectivity index (χ1n) is 5.52. The summed E-state index contributed by atoms with van der Waals surface area (Å²) in [7, 11) is 0. The monoisotopic (exact) mass is 200 g/mol. The van der Waals surface area contributed by atoms with Gasteiger partial charge in [0.25, 0.3) is 0 Å². The van der Waals surface area contributed by atoms with Gasteiger partial charge in [-0.3, -0.25) is 4.90 Å². The van der Waals surface area contributed by atoms with Crippen molar-refractivity contribution < 1.29 is 4.90 Å². The van der Waals surface area contributed by atoms with Gasteiger partial charge in [-0.1, -0.05) is 30.3 Å². The van der Waals surface area contributed by atoms with Crippen LogP contribution in [0.5, 0.6) is 0 Å². The Morgan fingerprint density at radius 2 is 1.93 bits per heavy atom. The second kappa shape index (κ2) is 4.45. The zero-order valence-electron chi connectivity index (χ0n) is 9.40. The smallest absolute Gasteiger partial charge is 0.108 e. The number of rotatable bonds is 2. The Labute approximate surface area is 91.7 Å². The summed E-state index contributed by atoms with van der Waals surface area (Å²) in [5.41, 5.74) is 2.77. The minimum absolute atomic E-state index is 0.579. The molecule has 0 saturated heterocycles. The summed E-state index contributed by atoms with van der Waals surface area (Å²) in [5.74, 6) is 0. The van der Waals surface area contributed by atoms with Crippen LogP contribution in [0.3, 0.4) is 0 Å². The van der Waals surface area contributed by atoms with Crippen LogP contribution in [-0.4, -0.2) is 6.04 Å². The van der Waals surface area contributed by atoms with Crippen molar-refractivity contribution in [3.8, 4) is 0 Å². The van der Waals surface area contributed by atoms with Crippen LogP contribution in [0.2, 0.25) is 0 Å². The molecule has 1 aromatic rings. The van der Waals surface area contributed by atoms with Gasteiger partial charge in [-0.25, -0.2) is 0 Å². The second-order valence-electron chi connectivity index (χ2n) is 4.27. The fraction of sp³-hybridized carbons (Fsp3) is 0.286. The van der Waals surface area contributed by atoms with Crippen LogP contribution < -0.4 is 4.90 Å². The summed E-state index contributed by atoms with van der Waals surface area (Å²) in [6.45, 7) is 5.50. The third-order valence-corrected chi connectivity index (χ3v) is 2.91. The lowest BCUT2D eigenvalue weighted by Gasteiger charge is -2.23. The molecule has 0 radical (unpaired) electrons. The Balaban J connectivity index is 2.06. The van der Waals surface area contributed by atoms with E-state index in [4.69, 9.17) is 0 Å². The zero-order valence-corrected chi connectivity index (χ0v) is 9.40. The topological polar surface area (TPSA) is 4.44 Å². The molecule has 1 aliphatic heterocycles. The highest BCUT2D eigenvalue weighted by Gasteiger charge is 2.16. The van der Waals surface area contributed by atoms with Crippen LogP contribution in [0.15, 0.2) is 54.3 Å². The van der Waals surface area contributed by atoms with Crippen LogP contribution in [-0.2, 0) is 6.54 Å². The maximum atomic E-state index is 2.33. The number of benzene rings is 1. The van der Waals surface area contributed by atoms with Gasteiger partial charge >= 0.3 is 0 Å². The van der Waals surface area contributed by atoms with Gasteiger partial charge < -0.3 is 0 Å². The van der Waals surface area contributed by atoms with Gasteiger partial charge in [0.15, 0.2) is 0 Å². The maximum Gasteiger partial charge on any atom is 0.108 e. The van der Waals surface area contributed by atoms with Crippen molar-refractivity contribution in [2.24, 2.45) is 0 Å². The van der Waals surface area contributed by atoms with Gasteiger partial charge in [0.1, 0.15) is 12.6 Å². The van der Waals surface area contributed by atoms with E-state index in [2.05, 4.69) is 62.5 Å². The standard InChI is InChI=1S/C14H17N/c1-12-8-9-15(13(2)10-12)11-14-6-4-3-5-7-14/h3-10,13H,11H2,1-2H3/p+1. The molecule has 78 valence electrons. The number of nitrogens with one attached hydrogen (secondary N) is 1. The molecule has 2 rings (SSSR count). The first-order valence-corrected chi connectivity index (χ1v) is 5.52. The highest BCUT2D eigenvalue weighted by molar-refractivity contribution is 5.19. The van der Waals surface area contributed by atoms with Crippen LogP contribution in [0, 0.1) is 0 Å². The normalized spacial score (nSPS) is 25.1. The van der Waals surface area contributed by atoms with E-state index in [1.807, 2.05) is 0 Å². The van der Waals surface area contributed by atoms with Gasteiger partial charge in [-0.05, 0) is 31.6 Å². The van der Waals surface area contributed by atoms with Gasteiger partial charge in [0.2, 0.25) is 0 Å². The second-order valence-corrected chi connectivity index (χ2v) is 4.27. The molecule has 1 aromatic carbocycles. The number of hydrogen-bond acceptors (Lipinski definition) is 0. The summed E-state index contributed by atoms with van der Waals surface area (Å²) in [6.07, 6.45) is 6.81. The molecule has 2 atom stereocenters. The Hall–Kier alpha value is -1.34. The van der Waals surface area contributed by atoms with Gasteiger partial charge in [-0.2, -0.15) is 0 Å². The lowest BCUT2D eigenvalue weighted by Crippen LogP contribution is -3.10. The van der Waals surface area contributed by atoms with Crippen LogP contribution in [0.4, 0.5) is 0 Å². The molecule has 0 aliphatic carbocycles. The zero-order chi connectivity index (χ0) is 10.7. The van der Waals surface area contributed by atoms with Crippen molar-refractivity contribution in [3.63, 3.8) is 0 Å². The maximum absolute atomic E-state index is 2.33. The Morgan fingerprint density at radius 1 is 1.20 bits per heavy atom. The lowest BCUT2D eigenvalue weighted by atomic mass is 10.1. The van der Waals surface area contributed by atoms with E-state index >= 15 is 0 Å². The van der Waals surface area contributed by atoms with E-state index in [1.54, 1.807) is 0 Å². The van der Waals surface area contributed by atoms with E-state index in [9.17, 15) is 0 Å². The molecule has 0 saturated carbocycles. The fourth-order valence-electron chi connectivity index (χ4n) is 2.00. The van der Waals surface area contributed by atoms with E-state index in [0.29, 0.717) is 6.04 Å². The molecule has 0 bridgehead atoms. The average Bonchev–Trinajstić information content (AvgIpc) is 2.24. The molecular formula is C14H18N+. The van der Waals surface area contributed by atoms with Gasteiger partial charge in [0.05, 0.1) is 6.20 Å². The van der Waals surface area contributed by atoms with E-state index in [-0.39, 0.29) is 0 Å². The molecule has 1 N–H and O–H groups in total. The average molecular weight is 200 g/mol. The molecule has 1 heteroatoms. The molecule has 1 heterocycles. The lowest BCUT2D eigenvalue weighted by molar-refractivity contribution is -0.879. The van der Waals surface area contributed by atoms with E-state index in [0.717, 1.165) is 6.54 Å². The first kappa shape index (κ1) is 10.2. The fourth-order valence-corrected chi connectivity index (χ4v) is 2.00. The van der Waals surface area contributed by atoms with Crippen molar-refractivity contribution in [2.75, 3.05) is 0 Å². The third kappa shape index (κ3) is 2.57. The molecular weight excluding hydrogens is 182 g/mol. The quantitative estimate of drug-likeness (QED) is 0.744. The molecule has 0 fully saturated rings. The summed E-state index contributed by atoms with van der Waals surface area (Å²) in [6, 6.07) is 11.2. The van der Waals surface area contributed by atoms with Crippen molar-refractivity contribution in [3.05, 3.63) is 59.8 Å². The van der Waals surface area contributed by atoms with Crippen LogP contribution >= 0.6 is 0 Å². The van der Waals surface area contributed by atoms with Gasteiger partial charge in [-0.15, -0.1) is 0 Å². The van der Waals surface area contributed by atoms with Crippen molar-refractivity contribution in [1.29, 1.82) is 0 Å². The molecule has 0 amide bonds. The van der Waals surface area contributed by atoms with E-state index in [1.165, 1.54) is 16.0 Å². The molecule has 2 unspecified atom stereocenters.